The van der Waals surface area contributed by atoms with E-state index in [-0.39, 0.29) is 24.2 Å². The summed E-state index contributed by atoms with van der Waals surface area (Å²) in [5.41, 5.74) is 0.747. The van der Waals surface area contributed by atoms with Gasteiger partial charge >= 0.3 is 5.97 Å². The smallest absolute Gasteiger partial charge is 0.306 e. The number of aromatic nitrogens is 2. The molecule has 7 heteroatoms. The summed E-state index contributed by atoms with van der Waals surface area (Å²) in [6, 6.07) is 13.6. The Morgan fingerprint density at radius 3 is 2.54 bits per heavy atom. The molecule has 0 amide bonds. The largest absolute Gasteiger partial charge is 0.497 e. The van der Waals surface area contributed by atoms with Crippen molar-refractivity contribution in [2.24, 2.45) is 0 Å². The second-order valence-corrected chi connectivity index (χ2v) is 6.25. The van der Waals surface area contributed by atoms with E-state index in [9.17, 15) is 14.4 Å². The van der Waals surface area contributed by atoms with E-state index in [4.69, 9.17) is 9.47 Å². The standard InChI is InChI=1S/C21H20N2O5/c1-13(20(25)14-7-9-15(27-2)10-8-14)28-19(24)12-11-18-22-17-6-4-3-5-16(17)21(26)23-18/h3-10,13H,11-12H2,1-2H3,(H,22,23,26)/t13-/m0/s1. The number of fused-ring (bicyclic) bond motifs is 1. The molecule has 144 valence electrons. The predicted octanol–water partition coefficient (Wildman–Crippen LogP) is 2.68. The first-order chi connectivity index (χ1) is 13.5. The van der Waals surface area contributed by atoms with E-state index in [0.29, 0.717) is 28.0 Å². The number of H-pyrrole nitrogens is 1. The van der Waals surface area contributed by atoms with Crippen LogP contribution in [-0.4, -0.2) is 34.9 Å². The van der Waals surface area contributed by atoms with Gasteiger partial charge in [0, 0.05) is 12.0 Å². The Kier molecular flexibility index (Phi) is 5.84. The SMILES string of the molecule is COc1ccc(C(=O)[C@H](C)OC(=O)CCc2nc3ccccc3c(=O)[nH]2)cc1. The van der Waals surface area contributed by atoms with Crippen LogP contribution in [0, 0.1) is 0 Å². The van der Waals surface area contributed by atoms with Crippen LogP contribution < -0.4 is 10.3 Å². The molecular weight excluding hydrogens is 360 g/mol. The Morgan fingerprint density at radius 1 is 1.11 bits per heavy atom. The van der Waals surface area contributed by atoms with Gasteiger partial charge in [0.1, 0.15) is 11.6 Å². The number of nitrogens with one attached hydrogen (secondary N) is 1. The third-order valence-electron chi connectivity index (χ3n) is 4.28. The molecule has 0 saturated heterocycles. The predicted molar refractivity (Wildman–Crippen MR) is 104 cm³/mol. The van der Waals surface area contributed by atoms with E-state index >= 15 is 0 Å². The van der Waals surface area contributed by atoms with Gasteiger partial charge in [0.25, 0.3) is 5.56 Å². The Balaban J connectivity index is 1.59. The molecule has 0 aliphatic heterocycles. The summed E-state index contributed by atoms with van der Waals surface area (Å²) >= 11 is 0. The highest BCUT2D eigenvalue weighted by atomic mass is 16.5. The van der Waals surface area contributed by atoms with E-state index < -0.39 is 12.1 Å². The van der Waals surface area contributed by atoms with E-state index in [2.05, 4.69) is 9.97 Å². The lowest BCUT2D eigenvalue weighted by atomic mass is 10.1. The van der Waals surface area contributed by atoms with Crippen molar-refractivity contribution < 1.29 is 19.1 Å². The van der Waals surface area contributed by atoms with E-state index in [0.717, 1.165) is 0 Å². The average Bonchev–Trinajstić information content (AvgIpc) is 2.72. The monoisotopic (exact) mass is 380 g/mol. The molecule has 0 fully saturated rings. The Morgan fingerprint density at radius 2 is 1.82 bits per heavy atom. The second kappa shape index (κ2) is 8.47. The van der Waals surface area contributed by atoms with Crippen molar-refractivity contribution in [2.75, 3.05) is 7.11 Å². The molecule has 7 nitrogen and oxygen atoms in total. The molecule has 0 radical (unpaired) electrons. The first kappa shape index (κ1) is 19.3. The van der Waals surface area contributed by atoms with Crippen LogP contribution in [0.3, 0.4) is 0 Å². The van der Waals surface area contributed by atoms with Gasteiger partial charge in [-0.1, -0.05) is 12.1 Å². The lowest BCUT2D eigenvalue weighted by Gasteiger charge is -2.12. The topological polar surface area (TPSA) is 98.3 Å². The first-order valence-electron chi connectivity index (χ1n) is 8.83. The molecule has 0 spiro atoms. The number of methoxy groups -OCH3 is 1. The summed E-state index contributed by atoms with van der Waals surface area (Å²) in [5.74, 6) is 0.200. The highest BCUT2D eigenvalue weighted by Crippen LogP contribution is 2.14. The van der Waals surface area contributed by atoms with Crippen molar-refractivity contribution in [3.05, 3.63) is 70.3 Å². The minimum Gasteiger partial charge on any atom is -0.497 e. The number of hydrogen-bond acceptors (Lipinski definition) is 6. The molecule has 0 saturated carbocycles. The van der Waals surface area contributed by atoms with Gasteiger partial charge in [0.15, 0.2) is 6.10 Å². The van der Waals surface area contributed by atoms with Gasteiger partial charge in [-0.15, -0.1) is 0 Å². The molecular formula is C21H20N2O5. The number of ether oxygens (including phenoxy) is 2. The van der Waals surface area contributed by atoms with Crippen LogP contribution in [-0.2, 0) is 16.0 Å². The summed E-state index contributed by atoms with van der Waals surface area (Å²) in [7, 11) is 1.54. The van der Waals surface area contributed by atoms with Crippen LogP contribution in [0.2, 0.25) is 0 Å². The fraction of sp³-hybridized carbons (Fsp3) is 0.238. The zero-order valence-electron chi connectivity index (χ0n) is 15.6. The summed E-state index contributed by atoms with van der Waals surface area (Å²) in [5, 5.41) is 0.493. The highest BCUT2D eigenvalue weighted by Gasteiger charge is 2.19. The number of ketones is 1. The zero-order chi connectivity index (χ0) is 20.1. The van der Waals surface area contributed by atoms with Crippen molar-refractivity contribution in [1.82, 2.24) is 9.97 Å². The molecule has 0 aliphatic rings. The Labute approximate surface area is 161 Å². The van der Waals surface area contributed by atoms with Gasteiger partial charge in [0.05, 0.1) is 24.4 Å². The van der Waals surface area contributed by atoms with Crippen LogP contribution in [0.15, 0.2) is 53.3 Å². The number of hydrogen-bond donors (Lipinski definition) is 1. The minimum atomic E-state index is -0.912. The molecule has 28 heavy (non-hydrogen) atoms. The summed E-state index contributed by atoms with van der Waals surface area (Å²) < 4.78 is 10.3. The van der Waals surface area contributed by atoms with Crippen LogP contribution in [0.1, 0.15) is 29.5 Å². The van der Waals surface area contributed by atoms with E-state index in [1.807, 2.05) is 0 Å². The van der Waals surface area contributed by atoms with Crippen LogP contribution >= 0.6 is 0 Å². The number of carbonyl (C=O) groups is 2. The fourth-order valence-electron chi connectivity index (χ4n) is 2.77. The van der Waals surface area contributed by atoms with Gasteiger partial charge < -0.3 is 14.5 Å². The third-order valence-corrected chi connectivity index (χ3v) is 4.28. The van der Waals surface area contributed by atoms with Gasteiger partial charge in [-0.05, 0) is 43.3 Å². The molecule has 0 unspecified atom stereocenters. The first-order valence-corrected chi connectivity index (χ1v) is 8.83. The molecule has 1 atom stereocenters. The van der Waals surface area contributed by atoms with E-state index in [1.165, 1.54) is 6.92 Å². The van der Waals surface area contributed by atoms with Crippen molar-refractivity contribution in [1.29, 1.82) is 0 Å². The molecule has 0 bridgehead atoms. The van der Waals surface area contributed by atoms with Crippen LogP contribution in [0.5, 0.6) is 5.75 Å². The van der Waals surface area contributed by atoms with Gasteiger partial charge in [0.2, 0.25) is 5.78 Å². The lowest BCUT2D eigenvalue weighted by molar-refractivity contribution is -0.146. The second-order valence-electron chi connectivity index (χ2n) is 6.25. The highest BCUT2D eigenvalue weighted by molar-refractivity contribution is 6.00. The number of benzene rings is 2. The average molecular weight is 380 g/mol. The van der Waals surface area contributed by atoms with Crippen molar-refractivity contribution in [3.63, 3.8) is 0 Å². The molecule has 1 aromatic heterocycles. The number of rotatable bonds is 7. The minimum absolute atomic E-state index is 0.00150. The van der Waals surface area contributed by atoms with E-state index in [1.54, 1.807) is 55.6 Å². The molecule has 1 N–H and O–H groups in total. The number of para-hydroxylation sites is 1. The van der Waals surface area contributed by atoms with Gasteiger partial charge in [-0.2, -0.15) is 0 Å². The molecule has 3 aromatic rings. The maximum atomic E-state index is 12.4. The van der Waals surface area contributed by atoms with Gasteiger partial charge in [-0.3, -0.25) is 14.4 Å². The van der Waals surface area contributed by atoms with Crippen LogP contribution in [0.25, 0.3) is 10.9 Å². The summed E-state index contributed by atoms with van der Waals surface area (Å²) in [6.07, 6.45) is -0.700. The molecule has 2 aromatic carbocycles. The van der Waals surface area contributed by atoms with Crippen molar-refractivity contribution in [2.45, 2.75) is 25.9 Å². The number of esters is 1. The maximum Gasteiger partial charge on any atom is 0.306 e. The number of nitrogens with zero attached hydrogens (tertiary/aromatic N) is 1. The third kappa shape index (κ3) is 4.43. The van der Waals surface area contributed by atoms with Crippen molar-refractivity contribution in [3.8, 4) is 5.75 Å². The Bertz CT molecular complexity index is 1060. The number of Topliss-reactive ketones (excluding diaryl/α,β-unsaturated/α-hetero) is 1. The fourth-order valence-corrected chi connectivity index (χ4v) is 2.77. The molecule has 3 rings (SSSR count). The lowest BCUT2D eigenvalue weighted by Crippen LogP contribution is -2.24. The Hall–Kier alpha value is -3.48. The number of aryl methyl sites for hydroxylation is 1. The normalized spacial score (nSPS) is 11.8. The summed E-state index contributed by atoms with van der Waals surface area (Å²) in [6.45, 7) is 1.53. The number of aromatic amines is 1. The van der Waals surface area contributed by atoms with Gasteiger partial charge in [-0.25, -0.2) is 4.98 Å². The van der Waals surface area contributed by atoms with Crippen molar-refractivity contribution >= 4 is 22.7 Å². The molecule has 0 aliphatic carbocycles. The van der Waals surface area contributed by atoms with Crippen LogP contribution in [0.4, 0.5) is 0 Å². The summed E-state index contributed by atoms with van der Waals surface area (Å²) in [4.78, 5) is 43.5. The number of carbonyl (C=O) groups excluding carboxylic acids is 2. The molecule has 1 heterocycles. The maximum absolute atomic E-state index is 12.4. The zero-order valence-corrected chi connectivity index (χ0v) is 15.6. The quantitative estimate of drug-likeness (QED) is 0.500.